The number of ether oxygens (including phenoxy) is 1. The van der Waals surface area contributed by atoms with E-state index in [2.05, 4.69) is 15.6 Å². The Morgan fingerprint density at radius 1 is 1.38 bits per heavy atom. The van der Waals surface area contributed by atoms with Crippen LogP contribution in [-0.2, 0) is 0 Å². The molecule has 1 aliphatic rings. The number of hydrogen-bond donors (Lipinski definition) is 3. The van der Waals surface area contributed by atoms with Crippen LogP contribution in [0.1, 0.15) is 0 Å². The molecule has 2 aromatic rings. The van der Waals surface area contributed by atoms with Gasteiger partial charge in [-0.05, 0) is 36.4 Å². The van der Waals surface area contributed by atoms with Gasteiger partial charge in [0.05, 0.1) is 12.2 Å². The molecule has 0 unspecified atom stereocenters. The molecule has 3 N–H and O–H groups in total. The maximum atomic E-state index is 12.5. The van der Waals surface area contributed by atoms with E-state index in [9.17, 15) is 9.90 Å². The summed E-state index contributed by atoms with van der Waals surface area (Å²) in [6.07, 6.45) is 3.34. The van der Waals surface area contributed by atoms with Gasteiger partial charge in [0.25, 0.3) is 0 Å². The standard InChI is InChI=1S/C17H20N4O3/c22-15-5-3-13(4-6-15)20-17(23)21-9-8-19-10-14(21)12-24-16-2-1-7-18-11-16/h1-7,11,14,19,22H,8-10,12H2,(H,20,23)/t14-/m1/s1. The van der Waals surface area contributed by atoms with E-state index >= 15 is 0 Å². The van der Waals surface area contributed by atoms with E-state index in [4.69, 9.17) is 4.74 Å². The first-order valence-corrected chi connectivity index (χ1v) is 7.82. The summed E-state index contributed by atoms with van der Waals surface area (Å²) in [6, 6.07) is 9.80. The number of nitrogens with zero attached hydrogens (tertiary/aromatic N) is 2. The number of urea groups is 1. The monoisotopic (exact) mass is 328 g/mol. The summed E-state index contributed by atoms with van der Waals surface area (Å²) in [6.45, 7) is 2.41. The van der Waals surface area contributed by atoms with E-state index in [1.165, 1.54) is 12.1 Å². The van der Waals surface area contributed by atoms with Crippen LogP contribution in [0.4, 0.5) is 10.5 Å². The lowest BCUT2D eigenvalue weighted by molar-refractivity contribution is 0.133. The minimum absolute atomic E-state index is 0.0731. The summed E-state index contributed by atoms with van der Waals surface area (Å²) >= 11 is 0. The predicted molar refractivity (Wildman–Crippen MR) is 90.2 cm³/mol. The molecule has 7 heteroatoms. The number of carbonyl (C=O) groups is 1. The molecule has 2 amide bonds. The van der Waals surface area contributed by atoms with Crippen LogP contribution in [0, 0.1) is 0 Å². The van der Waals surface area contributed by atoms with E-state index in [-0.39, 0.29) is 17.8 Å². The normalized spacial score (nSPS) is 17.3. The highest BCUT2D eigenvalue weighted by atomic mass is 16.5. The fraction of sp³-hybridized carbons (Fsp3) is 0.294. The van der Waals surface area contributed by atoms with E-state index in [0.29, 0.717) is 31.1 Å². The molecule has 3 rings (SSSR count). The van der Waals surface area contributed by atoms with Gasteiger partial charge in [0.1, 0.15) is 18.1 Å². The molecule has 1 saturated heterocycles. The Morgan fingerprint density at radius 2 is 2.21 bits per heavy atom. The summed E-state index contributed by atoms with van der Waals surface area (Å²) in [7, 11) is 0. The highest BCUT2D eigenvalue weighted by Gasteiger charge is 2.27. The van der Waals surface area contributed by atoms with Crippen molar-refractivity contribution in [2.45, 2.75) is 6.04 Å². The van der Waals surface area contributed by atoms with Crippen LogP contribution in [-0.4, -0.2) is 53.3 Å². The summed E-state index contributed by atoms with van der Waals surface area (Å²) in [5.74, 6) is 0.847. The number of amides is 2. The second-order valence-corrected chi connectivity index (χ2v) is 5.53. The van der Waals surface area contributed by atoms with Gasteiger partial charge in [0, 0.05) is 31.5 Å². The van der Waals surface area contributed by atoms with Crippen LogP contribution >= 0.6 is 0 Å². The van der Waals surface area contributed by atoms with Crippen molar-refractivity contribution in [3.8, 4) is 11.5 Å². The van der Waals surface area contributed by atoms with E-state index < -0.39 is 0 Å². The Bertz CT molecular complexity index is 663. The number of piperazine rings is 1. The zero-order chi connectivity index (χ0) is 16.8. The van der Waals surface area contributed by atoms with Crippen LogP contribution in [0.15, 0.2) is 48.8 Å². The molecule has 0 saturated carbocycles. The topological polar surface area (TPSA) is 86.7 Å². The number of benzene rings is 1. The molecular weight excluding hydrogens is 308 g/mol. The fourth-order valence-electron chi connectivity index (χ4n) is 2.54. The Balaban J connectivity index is 1.60. The Morgan fingerprint density at radius 3 is 2.96 bits per heavy atom. The number of nitrogens with one attached hydrogen (secondary N) is 2. The largest absolute Gasteiger partial charge is 0.508 e. The SMILES string of the molecule is O=C(Nc1ccc(O)cc1)N1CCNC[C@@H]1COc1cccnc1. The molecule has 1 aliphatic heterocycles. The molecule has 1 fully saturated rings. The average molecular weight is 328 g/mol. The Kier molecular flexibility index (Phi) is 5.12. The minimum atomic E-state index is -0.179. The molecule has 2 heterocycles. The number of anilines is 1. The first-order valence-electron chi connectivity index (χ1n) is 7.82. The quantitative estimate of drug-likeness (QED) is 0.743. The molecular formula is C17H20N4O3. The molecule has 126 valence electrons. The highest BCUT2D eigenvalue weighted by molar-refractivity contribution is 5.89. The van der Waals surface area contributed by atoms with Crippen molar-refractivity contribution in [1.29, 1.82) is 0 Å². The van der Waals surface area contributed by atoms with Crippen molar-refractivity contribution in [2.24, 2.45) is 0 Å². The molecule has 0 spiro atoms. The van der Waals surface area contributed by atoms with Crippen molar-refractivity contribution < 1.29 is 14.6 Å². The van der Waals surface area contributed by atoms with Gasteiger partial charge in [-0.1, -0.05) is 0 Å². The smallest absolute Gasteiger partial charge is 0.322 e. The van der Waals surface area contributed by atoms with Crippen molar-refractivity contribution >= 4 is 11.7 Å². The van der Waals surface area contributed by atoms with Crippen molar-refractivity contribution in [1.82, 2.24) is 15.2 Å². The highest BCUT2D eigenvalue weighted by Crippen LogP contribution is 2.16. The van der Waals surface area contributed by atoms with Gasteiger partial charge in [0.15, 0.2) is 0 Å². The molecule has 0 radical (unpaired) electrons. The Labute approximate surface area is 140 Å². The summed E-state index contributed by atoms with van der Waals surface area (Å²) in [5, 5.41) is 15.4. The van der Waals surface area contributed by atoms with E-state index in [0.717, 1.165) is 6.54 Å². The number of hydrogen-bond acceptors (Lipinski definition) is 5. The van der Waals surface area contributed by atoms with Gasteiger partial charge in [0.2, 0.25) is 0 Å². The van der Waals surface area contributed by atoms with Crippen LogP contribution in [0.2, 0.25) is 0 Å². The first kappa shape index (κ1) is 16.1. The van der Waals surface area contributed by atoms with E-state index in [1.807, 2.05) is 12.1 Å². The number of rotatable bonds is 4. The lowest BCUT2D eigenvalue weighted by Crippen LogP contribution is -2.57. The molecule has 24 heavy (non-hydrogen) atoms. The van der Waals surface area contributed by atoms with Gasteiger partial charge in [-0.15, -0.1) is 0 Å². The number of aromatic nitrogens is 1. The maximum absolute atomic E-state index is 12.5. The zero-order valence-electron chi connectivity index (χ0n) is 13.2. The second-order valence-electron chi connectivity index (χ2n) is 5.53. The minimum Gasteiger partial charge on any atom is -0.508 e. The lowest BCUT2D eigenvalue weighted by Gasteiger charge is -2.35. The third-order valence-corrected chi connectivity index (χ3v) is 3.81. The maximum Gasteiger partial charge on any atom is 0.322 e. The number of pyridine rings is 1. The number of carbonyl (C=O) groups excluding carboxylic acids is 1. The van der Waals surface area contributed by atoms with Gasteiger partial charge >= 0.3 is 6.03 Å². The number of phenolic OH excluding ortho intramolecular Hbond substituents is 1. The molecule has 1 aromatic carbocycles. The molecule has 1 aromatic heterocycles. The summed E-state index contributed by atoms with van der Waals surface area (Å²) in [4.78, 5) is 18.3. The first-order chi connectivity index (χ1) is 11.7. The van der Waals surface area contributed by atoms with Crippen LogP contribution in [0.3, 0.4) is 0 Å². The molecule has 7 nitrogen and oxygen atoms in total. The summed E-state index contributed by atoms with van der Waals surface area (Å²) < 4.78 is 5.73. The molecule has 0 aliphatic carbocycles. The van der Waals surface area contributed by atoms with Gasteiger partial charge in [-0.2, -0.15) is 0 Å². The summed E-state index contributed by atoms with van der Waals surface area (Å²) in [5.41, 5.74) is 0.642. The zero-order valence-corrected chi connectivity index (χ0v) is 13.2. The van der Waals surface area contributed by atoms with Gasteiger partial charge in [-0.25, -0.2) is 4.79 Å². The average Bonchev–Trinajstić information content (AvgIpc) is 2.63. The Hall–Kier alpha value is -2.80. The predicted octanol–water partition coefficient (Wildman–Crippen LogP) is 1.67. The van der Waals surface area contributed by atoms with Gasteiger partial charge in [-0.3, -0.25) is 4.98 Å². The van der Waals surface area contributed by atoms with Crippen molar-refractivity contribution in [3.05, 3.63) is 48.8 Å². The fourth-order valence-corrected chi connectivity index (χ4v) is 2.54. The molecule has 1 atom stereocenters. The van der Waals surface area contributed by atoms with Crippen molar-refractivity contribution in [2.75, 3.05) is 31.6 Å². The van der Waals surface area contributed by atoms with Gasteiger partial charge < -0.3 is 25.4 Å². The van der Waals surface area contributed by atoms with E-state index in [1.54, 1.807) is 29.4 Å². The third-order valence-electron chi connectivity index (χ3n) is 3.81. The van der Waals surface area contributed by atoms with Crippen LogP contribution in [0.25, 0.3) is 0 Å². The number of aromatic hydroxyl groups is 1. The van der Waals surface area contributed by atoms with Crippen LogP contribution < -0.4 is 15.4 Å². The van der Waals surface area contributed by atoms with Crippen LogP contribution in [0.5, 0.6) is 11.5 Å². The van der Waals surface area contributed by atoms with Crippen molar-refractivity contribution in [3.63, 3.8) is 0 Å². The third kappa shape index (κ3) is 4.14. The second kappa shape index (κ2) is 7.65. The molecule has 0 bridgehead atoms. The lowest BCUT2D eigenvalue weighted by atomic mass is 10.2. The number of phenols is 1.